The standard InChI is InChI=1S/C23H26FNO.ClH/c24-20-10-8-18(9-11-20)23(26)7-4-14-25-21-12-13-22(25)16-19(15-21)17-5-2-1-3-6-17;/h1-3,5-6,8-11,19,21-22H,4,7,12-16H2;1H. The van der Waals surface area contributed by atoms with Crippen LogP contribution in [0.5, 0.6) is 0 Å². The first-order valence-electron chi connectivity index (χ1n) is 9.80. The first-order chi connectivity index (χ1) is 12.7. The highest BCUT2D eigenvalue weighted by atomic mass is 35.5. The molecule has 4 rings (SSSR count). The Bertz CT molecular complexity index is 735. The number of carbonyl (C=O) groups is 1. The van der Waals surface area contributed by atoms with E-state index in [1.165, 1.54) is 43.4 Å². The van der Waals surface area contributed by atoms with Crippen LogP contribution in [-0.4, -0.2) is 29.3 Å². The fraction of sp³-hybridized carbons (Fsp3) is 0.435. The summed E-state index contributed by atoms with van der Waals surface area (Å²) in [5.74, 6) is 0.515. The zero-order chi connectivity index (χ0) is 17.9. The van der Waals surface area contributed by atoms with Gasteiger partial charge in [-0.3, -0.25) is 9.69 Å². The highest BCUT2D eigenvalue weighted by Gasteiger charge is 2.40. The summed E-state index contributed by atoms with van der Waals surface area (Å²) in [6.45, 7) is 1.00. The van der Waals surface area contributed by atoms with E-state index >= 15 is 0 Å². The number of hydrogen-bond donors (Lipinski definition) is 0. The van der Waals surface area contributed by atoms with Crippen LogP contribution in [0.15, 0.2) is 54.6 Å². The molecule has 27 heavy (non-hydrogen) atoms. The molecule has 2 aromatic rings. The Morgan fingerprint density at radius 2 is 1.59 bits per heavy atom. The summed E-state index contributed by atoms with van der Waals surface area (Å²) in [4.78, 5) is 14.9. The van der Waals surface area contributed by atoms with Crippen molar-refractivity contribution in [3.63, 3.8) is 0 Å². The number of fused-ring (bicyclic) bond motifs is 2. The maximum absolute atomic E-state index is 13.0. The molecule has 2 bridgehead atoms. The van der Waals surface area contributed by atoms with Gasteiger partial charge in [-0.15, -0.1) is 12.4 Å². The van der Waals surface area contributed by atoms with Gasteiger partial charge in [0.1, 0.15) is 5.82 Å². The number of benzene rings is 2. The monoisotopic (exact) mass is 387 g/mol. The van der Waals surface area contributed by atoms with Crippen LogP contribution in [0.3, 0.4) is 0 Å². The van der Waals surface area contributed by atoms with E-state index in [0.29, 0.717) is 30.0 Å². The highest BCUT2D eigenvalue weighted by Crippen LogP contribution is 2.43. The Hall–Kier alpha value is -1.71. The highest BCUT2D eigenvalue weighted by molar-refractivity contribution is 5.95. The predicted octanol–water partition coefficient (Wildman–Crippen LogP) is 5.62. The van der Waals surface area contributed by atoms with E-state index in [2.05, 4.69) is 35.2 Å². The van der Waals surface area contributed by atoms with E-state index in [1.54, 1.807) is 12.1 Å². The van der Waals surface area contributed by atoms with Gasteiger partial charge in [-0.1, -0.05) is 30.3 Å². The SMILES string of the molecule is Cl.O=C(CCCN1C2CCC1CC(c1ccccc1)C2)c1ccc(F)cc1. The van der Waals surface area contributed by atoms with Gasteiger partial charge >= 0.3 is 0 Å². The van der Waals surface area contributed by atoms with Gasteiger partial charge in [0.25, 0.3) is 0 Å². The molecular formula is C23H27ClFNO. The summed E-state index contributed by atoms with van der Waals surface area (Å²) in [7, 11) is 0. The van der Waals surface area contributed by atoms with Gasteiger partial charge < -0.3 is 0 Å². The zero-order valence-corrected chi connectivity index (χ0v) is 16.3. The third kappa shape index (κ3) is 4.59. The lowest BCUT2D eigenvalue weighted by molar-refractivity contribution is 0.0948. The van der Waals surface area contributed by atoms with Crippen LogP contribution in [0.4, 0.5) is 4.39 Å². The second-order valence-corrected chi connectivity index (χ2v) is 7.74. The lowest BCUT2D eigenvalue weighted by Gasteiger charge is -2.39. The minimum absolute atomic E-state index is 0. The fourth-order valence-electron chi connectivity index (χ4n) is 4.84. The molecule has 2 atom stereocenters. The Kier molecular flexibility index (Phi) is 6.67. The summed E-state index contributed by atoms with van der Waals surface area (Å²) >= 11 is 0. The zero-order valence-electron chi connectivity index (χ0n) is 15.5. The van der Waals surface area contributed by atoms with Gasteiger partial charge in [0.05, 0.1) is 0 Å². The van der Waals surface area contributed by atoms with E-state index in [1.807, 2.05) is 0 Å². The van der Waals surface area contributed by atoms with Crippen LogP contribution < -0.4 is 0 Å². The van der Waals surface area contributed by atoms with E-state index in [9.17, 15) is 9.18 Å². The molecule has 2 aliphatic heterocycles. The average molecular weight is 388 g/mol. The topological polar surface area (TPSA) is 20.3 Å². The number of ketones is 1. The Morgan fingerprint density at radius 1 is 0.963 bits per heavy atom. The molecule has 0 spiro atoms. The van der Waals surface area contributed by atoms with Crippen molar-refractivity contribution in [1.82, 2.24) is 4.90 Å². The van der Waals surface area contributed by atoms with E-state index in [-0.39, 0.29) is 24.0 Å². The summed E-state index contributed by atoms with van der Waals surface area (Å²) in [5.41, 5.74) is 2.10. The van der Waals surface area contributed by atoms with Crippen molar-refractivity contribution in [3.05, 3.63) is 71.5 Å². The number of Topliss-reactive ketones (excluding diaryl/α,β-unsaturated/α-hetero) is 1. The predicted molar refractivity (Wildman–Crippen MR) is 109 cm³/mol. The van der Waals surface area contributed by atoms with Gasteiger partial charge in [-0.25, -0.2) is 4.39 Å². The van der Waals surface area contributed by atoms with Gasteiger partial charge in [-0.05, 0) is 74.4 Å². The van der Waals surface area contributed by atoms with Gasteiger partial charge in [-0.2, -0.15) is 0 Å². The minimum atomic E-state index is -0.292. The van der Waals surface area contributed by atoms with Crippen molar-refractivity contribution in [2.24, 2.45) is 0 Å². The van der Waals surface area contributed by atoms with Crippen molar-refractivity contribution < 1.29 is 9.18 Å². The smallest absolute Gasteiger partial charge is 0.162 e. The number of rotatable bonds is 6. The van der Waals surface area contributed by atoms with Gasteiger partial charge in [0.15, 0.2) is 5.78 Å². The van der Waals surface area contributed by atoms with E-state index in [4.69, 9.17) is 0 Å². The summed E-state index contributed by atoms with van der Waals surface area (Å²) in [5, 5.41) is 0. The molecule has 0 N–H and O–H groups in total. The maximum atomic E-state index is 13.0. The Labute approximate surface area is 167 Å². The fourth-order valence-corrected chi connectivity index (χ4v) is 4.84. The molecule has 0 saturated carbocycles. The van der Waals surface area contributed by atoms with Gasteiger partial charge in [0, 0.05) is 24.1 Å². The number of hydrogen-bond acceptors (Lipinski definition) is 2. The van der Waals surface area contributed by atoms with E-state index < -0.39 is 0 Å². The molecule has 0 radical (unpaired) electrons. The van der Waals surface area contributed by atoms with Crippen LogP contribution in [-0.2, 0) is 0 Å². The van der Waals surface area contributed by atoms with Crippen molar-refractivity contribution >= 4 is 18.2 Å². The molecule has 2 aliphatic rings. The third-order valence-electron chi connectivity index (χ3n) is 6.14. The van der Waals surface area contributed by atoms with Crippen molar-refractivity contribution in [2.75, 3.05) is 6.54 Å². The average Bonchev–Trinajstić information content (AvgIpc) is 2.90. The van der Waals surface area contributed by atoms with E-state index in [0.717, 1.165) is 13.0 Å². The van der Waals surface area contributed by atoms with Crippen LogP contribution in [0.25, 0.3) is 0 Å². The lowest BCUT2D eigenvalue weighted by Crippen LogP contribution is -2.42. The molecule has 144 valence electrons. The largest absolute Gasteiger partial charge is 0.297 e. The number of carbonyl (C=O) groups excluding carboxylic acids is 1. The second kappa shape index (κ2) is 8.99. The number of halogens is 2. The molecule has 2 unspecified atom stereocenters. The molecule has 0 amide bonds. The third-order valence-corrected chi connectivity index (χ3v) is 6.14. The van der Waals surface area contributed by atoms with Crippen molar-refractivity contribution in [1.29, 1.82) is 0 Å². The summed E-state index contributed by atoms with van der Waals surface area (Å²) < 4.78 is 13.0. The molecule has 2 aromatic carbocycles. The normalized spacial score (nSPS) is 24.4. The molecule has 2 fully saturated rings. The Balaban J connectivity index is 0.00000210. The molecule has 4 heteroatoms. The molecule has 2 heterocycles. The molecule has 2 nitrogen and oxygen atoms in total. The van der Waals surface area contributed by atoms with Crippen LogP contribution in [0.1, 0.15) is 60.4 Å². The molecule has 2 saturated heterocycles. The number of nitrogens with zero attached hydrogens (tertiary/aromatic N) is 1. The number of piperidine rings is 1. The molecule has 0 aromatic heterocycles. The lowest BCUT2D eigenvalue weighted by atomic mass is 9.85. The van der Waals surface area contributed by atoms with Crippen LogP contribution >= 0.6 is 12.4 Å². The first kappa shape index (κ1) is 20.0. The molecule has 0 aliphatic carbocycles. The summed E-state index contributed by atoms with van der Waals surface area (Å²) in [6.07, 6.45) is 6.50. The second-order valence-electron chi connectivity index (χ2n) is 7.74. The first-order valence-corrected chi connectivity index (χ1v) is 9.80. The van der Waals surface area contributed by atoms with Crippen molar-refractivity contribution in [3.8, 4) is 0 Å². The van der Waals surface area contributed by atoms with Crippen molar-refractivity contribution in [2.45, 2.75) is 56.5 Å². The summed E-state index contributed by atoms with van der Waals surface area (Å²) in [6, 6.07) is 18.1. The Morgan fingerprint density at radius 3 is 2.22 bits per heavy atom. The molecular weight excluding hydrogens is 361 g/mol. The minimum Gasteiger partial charge on any atom is -0.297 e. The van der Waals surface area contributed by atoms with Crippen LogP contribution in [0.2, 0.25) is 0 Å². The maximum Gasteiger partial charge on any atom is 0.162 e. The van der Waals surface area contributed by atoms with Crippen LogP contribution in [0, 0.1) is 5.82 Å². The quantitative estimate of drug-likeness (QED) is 0.599. The van der Waals surface area contributed by atoms with Gasteiger partial charge in [0.2, 0.25) is 0 Å².